The molecule has 9 N–H and O–H groups in total. The zero-order chi connectivity index (χ0) is 97.7. The molecule has 4 aromatic carbocycles. The minimum absolute atomic E-state index is 0.00855. The van der Waals surface area contributed by atoms with E-state index in [1.165, 1.54) is 13.0 Å². The number of Topliss-reactive ketones (excluding diaryl/α,β-unsaturated/α-hetero) is 4. The van der Waals surface area contributed by atoms with Gasteiger partial charge >= 0.3 is 30.0 Å². The summed E-state index contributed by atoms with van der Waals surface area (Å²) in [4.78, 5) is 191. The van der Waals surface area contributed by atoms with Gasteiger partial charge in [0.1, 0.15) is 28.4 Å². The van der Waals surface area contributed by atoms with Crippen molar-refractivity contribution in [3.63, 3.8) is 0 Å². The van der Waals surface area contributed by atoms with Crippen LogP contribution >= 0.6 is 45.2 Å². The van der Waals surface area contributed by atoms with Crippen LogP contribution in [0.25, 0.3) is 0 Å². The number of ketones is 4. The third-order valence-corrected chi connectivity index (χ3v) is 18.8. The van der Waals surface area contributed by atoms with Gasteiger partial charge in [-0.05, 0) is 239 Å². The summed E-state index contributed by atoms with van der Waals surface area (Å²) in [6, 6.07) is 22.2. The summed E-state index contributed by atoms with van der Waals surface area (Å²) in [5.74, 6) is -7.19. The average Bonchev–Trinajstić information content (AvgIpc) is 1.41. The molecule has 1 fully saturated rings. The lowest BCUT2D eigenvalue weighted by Gasteiger charge is -2.26. The first-order chi connectivity index (χ1) is 61.7. The lowest BCUT2D eigenvalue weighted by molar-refractivity contribution is -0.198. The van der Waals surface area contributed by atoms with E-state index in [0.29, 0.717) is 130 Å². The fourth-order valence-corrected chi connectivity index (χ4v) is 11.9. The molecule has 0 unspecified atom stereocenters. The predicted octanol–water partition coefficient (Wildman–Crippen LogP) is 11.2. The van der Waals surface area contributed by atoms with Gasteiger partial charge in [0.05, 0.1) is 104 Å². The van der Waals surface area contributed by atoms with E-state index in [4.69, 9.17) is 68.3 Å². The highest BCUT2D eigenvalue weighted by Crippen LogP contribution is 2.25. The number of amides is 7. The summed E-state index contributed by atoms with van der Waals surface area (Å²) in [7, 11) is 0. The molecule has 38 heteroatoms. The van der Waals surface area contributed by atoms with Crippen LogP contribution in [0.2, 0.25) is 0 Å². The molecule has 36 nitrogen and oxygen atoms in total. The first-order valence-electron chi connectivity index (χ1n) is 43.6. The van der Waals surface area contributed by atoms with Crippen molar-refractivity contribution in [3.05, 3.63) is 125 Å². The van der Waals surface area contributed by atoms with Crippen LogP contribution in [0.3, 0.4) is 0 Å². The molecular formula is C93H134I2N8O28. The Morgan fingerprint density at radius 3 is 0.992 bits per heavy atom. The monoisotopic (exact) mass is 2060 g/mol. The van der Waals surface area contributed by atoms with Crippen molar-refractivity contribution in [3.8, 4) is 0 Å². The largest absolute Gasteiger partial charge is 0.460 e. The van der Waals surface area contributed by atoms with Gasteiger partial charge in [0, 0.05) is 149 Å². The van der Waals surface area contributed by atoms with Crippen molar-refractivity contribution in [2.45, 2.75) is 209 Å². The standard InChI is InChI=1S/C51H75IN4O15.C29H40IN3O7.C13H19NO6/c1-34(46(62)69-49(2,3)4)29-43(59)53-19-23-67-27-25-65-21-11-13-41(57)36-30-37(32-39(31-36)55-45(61)35-15-17-38(52)18-16-35)42(58)14-12-22-66-26-28-68-24-20-54-44(60)33-40(47(63)70-50(5,6)7)56-48(64)71-51(8,9)10;30-25-7-5-22(6-8-25)29(36)33-26-20-23(27(34)3-1-11-37-15-17-39-13-9-31)19-24(21-26)28(35)4-2-12-38-16-18-40-14-10-32;1-8(12(18)19-13(2,3)4)7-11(17)20-14-9(15)5-6-10(14)16/h15-18,30-32,34,40H,11-14,19-29,33H2,1-10H3,(H,53,59)(H,54,60)(H,55,61)(H,56,64);5-8,19-21H,1-4,9-18,31-32H2,(H,33,36);8H,5-7H2,1-4H3/t34-,40-;;8-/m0.0/s1. The third-order valence-electron chi connectivity index (χ3n) is 17.4. The fourth-order valence-electron chi connectivity index (χ4n) is 11.2. The van der Waals surface area contributed by atoms with Crippen molar-refractivity contribution in [2.75, 3.05) is 143 Å². The molecule has 1 aliphatic rings. The third kappa shape index (κ3) is 53.9. The Morgan fingerprint density at radius 1 is 0.374 bits per heavy atom. The molecule has 0 spiro atoms. The van der Waals surface area contributed by atoms with Crippen LogP contribution in [0, 0.1) is 19.0 Å². The van der Waals surface area contributed by atoms with Gasteiger partial charge in [-0.1, -0.05) is 13.8 Å². The van der Waals surface area contributed by atoms with E-state index in [0.717, 1.165) is 7.14 Å². The van der Waals surface area contributed by atoms with Gasteiger partial charge < -0.3 is 99.7 Å². The number of carbonyl (C=O) groups is 15. The number of halogens is 2. The molecule has 0 bridgehead atoms. The molecule has 0 aliphatic carbocycles. The van der Waals surface area contributed by atoms with Crippen molar-refractivity contribution in [1.82, 2.24) is 21.0 Å². The number of imide groups is 1. The van der Waals surface area contributed by atoms with Gasteiger partial charge in [0.25, 0.3) is 23.6 Å². The van der Waals surface area contributed by atoms with Crippen molar-refractivity contribution < 1.29 is 134 Å². The number of nitrogens with two attached hydrogens (primary N) is 2. The fraction of sp³-hybridized carbons (Fsp3) is 0.581. The van der Waals surface area contributed by atoms with Crippen LogP contribution in [0.15, 0.2) is 84.9 Å². The van der Waals surface area contributed by atoms with Crippen LogP contribution < -0.4 is 38.1 Å². The summed E-state index contributed by atoms with van der Waals surface area (Å²) in [6.07, 6.45) is 1.12. The zero-order valence-corrected chi connectivity index (χ0v) is 82.3. The van der Waals surface area contributed by atoms with Gasteiger partial charge in [-0.15, -0.1) is 5.06 Å². The molecule has 4 aromatic rings. The molecule has 1 saturated heterocycles. The summed E-state index contributed by atoms with van der Waals surface area (Å²) < 4.78 is 66.8. The molecule has 1 aliphatic heterocycles. The van der Waals surface area contributed by atoms with Crippen LogP contribution in [-0.4, -0.2) is 254 Å². The molecule has 131 heavy (non-hydrogen) atoms. The number of nitrogens with zero attached hydrogens (tertiary/aromatic N) is 1. The predicted molar refractivity (Wildman–Crippen MR) is 502 cm³/mol. The van der Waals surface area contributed by atoms with E-state index < -0.39 is 93.9 Å². The lowest BCUT2D eigenvalue weighted by Crippen LogP contribution is -2.48. The topological polar surface area (TPSA) is 491 Å². The Morgan fingerprint density at radius 2 is 0.672 bits per heavy atom. The summed E-state index contributed by atoms with van der Waals surface area (Å²) in [5.41, 5.74) is 10.7. The Kier molecular flexibility index (Phi) is 55.2. The smallest absolute Gasteiger partial charge is 0.408 e. The minimum Gasteiger partial charge on any atom is -0.460 e. The summed E-state index contributed by atoms with van der Waals surface area (Å²) >= 11 is 4.31. The van der Waals surface area contributed by atoms with Crippen molar-refractivity contribution >= 4 is 145 Å². The molecule has 0 radical (unpaired) electrons. The Bertz CT molecular complexity index is 4250. The van der Waals surface area contributed by atoms with Gasteiger partial charge in [0.15, 0.2) is 23.1 Å². The average molecular weight is 2070 g/mol. The molecule has 728 valence electrons. The summed E-state index contributed by atoms with van der Waals surface area (Å²) in [6.45, 7) is 30.4. The number of rotatable bonds is 57. The first kappa shape index (κ1) is 116. The number of esters is 3. The first-order valence-corrected chi connectivity index (χ1v) is 45.8. The van der Waals surface area contributed by atoms with Gasteiger partial charge in [-0.25, -0.2) is 14.4 Å². The highest BCUT2D eigenvalue weighted by molar-refractivity contribution is 14.1. The molecule has 5 rings (SSSR count). The van der Waals surface area contributed by atoms with E-state index in [1.54, 1.807) is 157 Å². The zero-order valence-electron chi connectivity index (χ0n) is 77.9. The van der Waals surface area contributed by atoms with Gasteiger partial charge in [0.2, 0.25) is 11.8 Å². The second-order valence-electron chi connectivity index (χ2n) is 34.1. The number of alkyl carbamates (subject to hydrolysis) is 1. The van der Waals surface area contributed by atoms with Crippen molar-refractivity contribution in [2.24, 2.45) is 23.3 Å². The Balaban J connectivity index is 0.000000609. The number of benzene rings is 4. The Hall–Kier alpha value is -9.21. The van der Waals surface area contributed by atoms with Gasteiger partial charge in [-0.2, -0.15) is 0 Å². The van der Waals surface area contributed by atoms with E-state index in [2.05, 4.69) is 76.6 Å². The number of nitrogens with one attached hydrogen (secondary N) is 5. The highest BCUT2D eigenvalue weighted by atomic mass is 127. The maximum atomic E-state index is 13.4. The van der Waals surface area contributed by atoms with Crippen LogP contribution in [0.5, 0.6) is 0 Å². The molecule has 3 atom stereocenters. The minimum atomic E-state index is -1.27. The summed E-state index contributed by atoms with van der Waals surface area (Å²) in [5, 5.41) is 13.9. The maximum absolute atomic E-state index is 13.4. The number of carbonyl (C=O) groups excluding carboxylic acids is 15. The number of anilines is 2. The maximum Gasteiger partial charge on any atom is 0.408 e. The number of hydrogen-bond acceptors (Lipinski definition) is 30. The molecule has 0 saturated carbocycles. The normalized spacial score (nSPS) is 12.7. The second kappa shape index (κ2) is 62.3. The van der Waals surface area contributed by atoms with Gasteiger partial charge in [-0.3, -0.25) is 57.5 Å². The quantitative estimate of drug-likeness (QED) is 0.00539. The van der Waals surface area contributed by atoms with Crippen LogP contribution in [0.1, 0.15) is 243 Å². The van der Waals surface area contributed by atoms with E-state index in [1.807, 2.05) is 12.1 Å². The van der Waals surface area contributed by atoms with E-state index >= 15 is 0 Å². The van der Waals surface area contributed by atoms with Crippen LogP contribution in [0.4, 0.5) is 16.2 Å². The molecule has 1 heterocycles. The van der Waals surface area contributed by atoms with Crippen molar-refractivity contribution in [1.29, 1.82) is 0 Å². The Labute approximate surface area is 794 Å². The molecular weight excluding hydrogens is 1930 g/mol. The number of ether oxygens (including phenoxy) is 12. The molecule has 0 aromatic heterocycles. The van der Waals surface area contributed by atoms with Crippen LogP contribution in [-0.2, 0) is 100 Å². The highest BCUT2D eigenvalue weighted by Gasteiger charge is 2.35. The number of hydrogen-bond donors (Lipinski definition) is 7. The SMILES string of the molecule is C[C@@H](CC(=O)NCCOCCOCCCC(=O)c1cc(NC(=O)c2ccc(I)cc2)cc(C(=O)CCCOCCOCCNC(=O)C[C@H](NC(=O)OC(C)(C)C)C(=O)OC(C)(C)C)c1)C(=O)OC(C)(C)C.C[C@@H](CC(=O)ON1C(=O)CCC1=O)C(=O)OC(C)(C)C.NCCOCCOCCCC(=O)c1cc(NC(=O)c2ccc(I)cc2)cc(C(=O)CCCOCCOCCN)c1. The van der Waals surface area contributed by atoms with E-state index in [-0.39, 0.29) is 170 Å². The number of hydroxylamine groups is 2. The lowest BCUT2D eigenvalue weighted by atomic mass is 9.99. The molecule has 7 amide bonds. The van der Waals surface area contributed by atoms with E-state index in [9.17, 15) is 71.9 Å². The second-order valence-corrected chi connectivity index (χ2v) is 36.6.